The molecule has 5 rings (SSSR count). The molecule has 170 valence electrons. The molecule has 2 heterocycles. The van der Waals surface area contributed by atoms with Crippen LogP contribution >= 0.6 is 22.6 Å². The molecular formula is C25H24FIN4O2. The summed E-state index contributed by atoms with van der Waals surface area (Å²) < 4.78 is 15.5. The molecule has 2 aliphatic rings. The number of nitrogens with zero attached hydrogens (tertiary/aromatic N) is 2. The highest BCUT2D eigenvalue weighted by molar-refractivity contribution is 14.1. The van der Waals surface area contributed by atoms with Crippen LogP contribution in [0, 0.1) is 22.2 Å². The van der Waals surface area contributed by atoms with E-state index in [4.69, 9.17) is 4.98 Å². The second-order valence-corrected chi connectivity index (χ2v) is 10.1. The number of aromatic nitrogens is 2. The zero-order valence-electron chi connectivity index (χ0n) is 18.3. The molecule has 1 aromatic heterocycles. The fourth-order valence-electron chi connectivity index (χ4n) is 4.63. The van der Waals surface area contributed by atoms with Crippen molar-refractivity contribution in [3.8, 4) is 11.3 Å². The van der Waals surface area contributed by atoms with Gasteiger partial charge in [-0.1, -0.05) is 37.3 Å². The largest absolute Gasteiger partial charge is 0.340 e. The SMILES string of the molecule is Cc1nc(C([C@@H](C)c2ccccc2)N2C(=O)N[C@H](C3CC3)C2=O)[nH]c1-c1ccc(I)cc1F. The van der Waals surface area contributed by atoms with Gasteiger partial charge in [0.15, 0.2) is 0 Å². The minimum Gasteiger partial charge on any atom is -0.340 e. The summed E-state index contributed by atoms with van der Waals surface area (Å²) in [5.41, 5.74) is 2.55. The molecule has 1 aliphatic carbocycles. The molecule has 3 amide bonds. The number of H-pyrrole nitrogens is 1. The number of nitrogens with one attached hydrogen (secondary N) is 2. The number of hydrogen-bond donors (Lipinski definition) is 2. The zero-order chi connectivity index (χ0) is 23.3. The molecule has 0 bridgehead atoms. The van der Waals surface area contributed by atoms with Crippen molar-refractivity contribution < 1.29 is 14.0 Å². The summed E-state index contributed by atoms with van der Waals surface area (Å²) in [5.74, 6) is -0.118. The van der Waals surface area contributed by atoms with E-state index in [9.17, 15) is 14.0 Å². The van der Waals surface area contributed by atoms with Crippen LogP contribution in [0.1, 0.15) is 48.8 Å². The Morgan fingerprint density at radius 2 is 1.88 bits per heavy atom. The normalized spacial score (nSPS) is 20.1. The Kier molecular flexibility index (Phi) is 5.72. The first-order valence-corrected chi connectivity index (χ1v) is 12.1. The molecule has 8 heteroatoms. The first kappa shape index (κ1) is 22.1. The predicted molar refractivity (Wildman–Crippen MR) is 131 cm³/mol. The molecule has 2 aromatic carbocycles. The van der Waals surface area contributed by atoms with E-state index >= 15 is 0 Å². The number of urea groups is 1. The molecule has 3 aromatic rings. The summed E-state index contributed by atoms with van der Waals surface area (Å²) in [5, 5.41) is 2.88. The van der Waals surface area contributed by atoms with Gasteiger partial charge in [-0.2, -0.15) is 0 Å². The predicted octanol–water partition coefficient (Wildman–Crippen LogP) is 5.30. The number of aryl methyl sites for hydroxylation is 1. The van der Waals surface area contributed by atoms with E-state index in [2.05, 4.69) is 32.9 Å². The number of imide groups is 1. The van der Waals surface area contributed by atoms with Crippen molar-refractivity contribution in [1.29, 1.82) is 0 Å². The number of carbonyl (C=O) groups excluding carboxylic acids is 2. The van der Waals surface area contributed by atoms with Gasteiger partial charge in [-0.25, -0.2) is 14.2 Å². The van der Waals surface area contributed by atoms with Crippen LogP contribution in [0.5, 0.6) is 0 Å². The maximum absolute atomic E-state index is 14.7. The minimum atomic E-state index is -0.650. The lowest BCUT2D eigenvalue weighted by Crippen LogP contribution is -2.38. The third-order valence-electron chi connectivity index (χ3n) is 6.56. The zero-order valence-corrected chi connectivity index (χ0v) is 20.5. The Labute approximate surface area is 205 Å². The van der Waals surface area contributed by atoms with Crippen molar-refractivity contribution in [2.75, 3.05) is 0 Å². The van der Waals surface area contributed by atoms with Gasteiger partial charge in [-0.15, -0.1) is 0 Å². The van der Waals surface area contributed by atoms with Crippen LogP contribution in [-0.2, 0) is 4.79 Å². The highest BCUT2D eigenvalue weighted by atomic mass is 127. The highest BCUT2D eigenvalue weighted by Gasteiger charge is 2.50. The van der Waals surface area contributed by atoms with Crippen molar-refractivity contribution in [3.63, 3.8) is 0 Å². The summed E-state index contributed by atoms with van der Waals surface area (Å²) in [6, 6.07) is 13.2. The number of benzene rings is 2. The Morgan fingerprint density at radius 3 is 2.55 bits per heavy atom. The van der Waals surface area contributed by atoms with Gasteiger partial charge in [-0.3, -0.25) is 9.69 Å². The van der Waals surface area contributed by atoms with Crippen LogP contribution in [0.4, 0.5) is 9.18 Å². The molecule has 2 N–H and O–H groups in total. The summed E-state index contributed by atoms with van der Waals surface area (Å²) in [6.45, 7) is 3.78. The fourth-order valence-corrected chi connectivity index (χ4v) is 5.08. The molecule has 0 radical (unpaired) electrons. The molecule has 1 aliphatic heterocycles. The van der Waals surface area contributed by atoms with Crippen LogP contribution < -0.4 is 5.32 Å². The lowest BCUT2D eigenvalue weighted by molar-refractivity contribution is -0.130. The maximum atomic E-state index is 14.7. The third-order valence-corrected chi connectivity index (χ3v) is 7.23. The molecule has 33 heavy (non-hydrogen) atoms. The second-order valence-electron chi connectivity index (χ2n) is 8.82. The molecule has 0 spiro atoms. The molecule has 2 fully saturated rings. The fraction of sp³-hybridized carbons (Fsp3) is 0.320. The van der Waals surface area contributed by atoms with Crippen molar-refractivity contribution in [1.82, 2.24) is 20.2 Å². The molecule has 6 nitrogen and oxygen atoms in total. The maximum Gasteiger partial charge on any atom is 0.325 e. The Hall–Kier alpha value is -2.75. The topological polar surface area (TPSA) is 78.1 Å². The lowest BCUT2D eigenvalue weighted by atomic mass is 9.91. The second kappa shape index (κ2) is 8.55. The number of carbonyl (C=O) groups is 2. The quantitative estimate of drug-likeness (QED) is 0.318. The smallest absolute Gasteiger partial charge is 0.325 e. The first-order valence-electron chi connectivity index (χ1n) is 11.1. The van der Waals surface area contributed by atoms with Gasteiger partial charge in [-0.05, 0) is 72.0 Å². The number of rotatable bonds is 6. The average Bonchev–Trinajstić information content (AvgIpc) is 3.51. The summed E-state index contributed by atoms with van der Waals surface area (Å²) in [6.07, 6.45) is 1.89. The lowest BCUT2D eigenvalue weighted by Gasteiger charge is -2.29. The average molecular weight is 558 g/mol. The third kappa shape index (κ3) is 4.05. The molecule has 1 saturated carbocycles. The van der Waals surface area contributed by atoms with Crippen LogP contribution in [0.2, 0.25) is 0 Å². The van der Waals surface area contributed by atoms with Crippen LogP contribution in [0.25, 0.3) is 11.3 Å². The van der Waals surface area contributed by atoms with E-state index in [0.717, 1.165) is 22.0 Å². The monoisotopic (exact) mass is 558 g/mol. The number of hydrogen-bond acceptors (Lipinski definition) is 3. The van der Waals surface area contributed by atoms with E-state index in [-0.39, 0.29) is 23.6 Å². The van der Waals surface area contributed by atoms with Crippen LogP contribution in [0.3, 0.4) is 0 Å². The van der Waals surface area contributed by atoms with Crippen molar-refractivity contribution in [2.24, 2.45) is 5.92 Å². The molecule has 1 unspecified atom stereocenters. The van der Waals surface area contributed by atoms with Gasteiger partial charge in [0.1, 0.15) is 23.7 Å². The summed E-state index contributed by atoms with van der Waals surface area (Å²) in [4.78, 5) is 35.6. The molecule has 1 saturated heterocycles. The van der Waals surface area contributed by atoms with Gasteiger partial charge in [0.05, 0.1) is 11.4 Å². The summed E-state index contributed by atoms with van der Waals surface area (Å²) >= 11 is 2.07. The van der Waals surface area contributed by atoms with E-state index in [1.807, 2.05) is 43.3 Å². The summed E-state index contributed by atoms with van der Waals surface area (Å²) in [7, 11) is 0. The standard InChI is InChI=1S/C25H24FIN4O2/c1-13(15-6-4-3-5-7-15)22(31-24(32)21(16-8-9-16)30-25(31)33)23-28-14(2)20(29-23)18-11-10-17(27)12-19(18)26/h3-7,10-13,16,21-22H,8-9H2,1-2H3,(H,28,29)(H,30,33)/t13-,21+,22?/m0/s1. The Morgan fingerprint density at radius 1 is 1.15 bits per heavy atom. The van der Waals surface area contributed by atoms with Crippen molar-refractivity contribution in [2.45, 2.75) is 44.7 Å². The number of aromatic amines is 1. The van der Waals surface area contributed by atoms with Crippen LogP contribution in [-0.4, -0.2) is 32.8 Å². The highest BCUT2D eigenvalue weighted by Crippen LogP contribution is 2.41. The molecule has 3 atom stereocenters. The molecular weight excluding hydrogens is 534 g/mol. The number of imidazole rings is 1. The van der Waals surface area contributed by atoms with Crippen molar-refractivity contribution in [3.05, 3.63) is 75.0 Å². The number of halogens is 2. The Bertz CT molecular complexity index is 1220. The van der Waals surface area contributed by atoms with E-state index in [0.29, 0.717) is 22.8 Å². The van der Waals surface area contributed by atoms with Gasteiger partial charge < -0.3 is 10.3 Å². The van der Waals surface area contributed by atoms with Gasteiger partial charge in [0, 0.05) is 15.1 Å². The minimum absolute atomic E-state index is 0.203. The van der Waals surface area contributed by atoms with Crippen molar-refractivity contribution >= 4 is 34.5 Å². The van der Waals surface area contributed by atoms with E-state index < -0.39 is 18.1 Å². The first-order chi connectivity index (χ1) is 15.8. The van der Waals surface area contributed by atoms with Gasteiger partial charge >= 0.3 is 6.03 Å². The Balaban J connectivity index is 1.59. The van der Waals surface area contributed by atoms with E-state index in [1.54, 1.807) is 13.0 Å². The van der Waals surface area contributed by atoms with Gasteiger partial charge in [0.2, 0.25) is 0 Å². The van der Waals surface area contributed by atoms with Gasteiger partial charge in [0.25, 0.3) is 5.91 Å². The number of amides is 3. The van der Waals surface area contributed by atoms with Crippen LogP contribution in [0.15, 0.2) is 48.5 Å². The van der Waals surface area contributed by atoms with E-state index in [1.165, 1.54) is 11.0 Å².